The predicted molar refractivity (Wildman–Crippen MR) is 74.3 cm³/mol. The molecule has 0 unspecified atom stereocenters. The maximum absolute atomic E-state index is 12.3. The largest absolute Gasteiger partial charge is 0.268 e. The van der Waals surface area contributed by atoms with Crippen molar-refractivity contribution in [2.75, 3.05) is 4.90 Å². The monoisotopic (exact) mass is 318 g/mol. The van der Waals surface area contributed by atoms with Gasteiger partial charge in [0.15, 0.2) is 10.3 Å². The first kappa shape index (κ1) is 13.5. The van der Waals surface area contributed by atoms with Gasteiger partial charge in [-0.05, 0) is 12.1 Å². The molecule has 8 heteroatoms. The van der Waals surface area contributed by atoms with E-state index in [1.165, 1.54) is 12.1 Å². The van der Waals surface area contributed by atoms with Gasteiger partial charge in [0.25, 0.3) is 11.8 Å². The summed E-state index contributed by atoms with van der Waals surface area (Å²) in [5.74, 6) is -1.38. The molecule has 0 saturated carbocycles. The van der Waals surface area contributed by atoms with Crippen molar-refractivity contribution < 1.29 is 9.59 Å². The quantitative estimate of drug-likeness (QED) is 0.595. The van der Waals surface area contributed by atoms with Crippen LogP contribution in [-0.4, -0.2) is 21.8 Å². The molecule has 0 fully saturated rings. The zero-order valence-electron chi connectivity index (χ0n) is 10.2. The number of carbonyl (C=O) groups excluding carboxylic acids is 2. The number of fused-ring (bicyclic) bond motifs is 1. The Hall–Kier alpha value is -2.49. The topological polar surface area (TPSA) is 87.0 Å². The second kappa shape index (κ2) is 4.81. The summed E-state index contributed by atoms with van der Waals surface area (Å²) in [6.07, 6.45) is 0. The summed E-state index contributed by atoms with van der Waals surface area (Å²) in [4.78, 5) is 32.9. The smallest absolute Gasteiger partial charge is 0.268 e. The molecule has 0 aliphatic carbocycles. The second-order valence-corrected chi connectivity index (χ2v) is 4.80. The van der Waals surface area contributed by atoms with Crippen LogP contribution in [0.1, 0.15) is 26.3 Å². The van der Waals surface area contributed by atoms with E-state index in [1.807, 2.05) is 0 Å². The third-order valence-electron chi connectivity index (χ3n) is 2.91. The standard InChI is InChI=1S/C13H4Cl2N4O2/c14-9-8(5-16)10(15)18-13(17-9)19-11(20)6-3-1-2-4-7(6)12(19)21/h1-4H. The number of imide groups is 1. The van der Waals surface area contributed by atoms with Crippen LogP contribution in [0.4, 0.5) is 5.95 Å². The van der Waals surface area contributed by atoms with Crippen LogP contribution >= 0.6 is 23.2 Å². The van der Waals surface area contributed by atoms with Gasteiger partial charge in [-0.1, -0.05) is 35.3 Å². The molecule has 2 heterocycles. The number of nitrogens with zero attached hydrogens (tertiary/aromatic N) is 4. The lowest BCUT2D eigenvalue weighted by atomic mass is 10.1. The van der Waals surface area contributed by atoms with Gasteiger partial charge >= 0.3 is 0 Å². The van der Waals surface area contributed by atoms with E-state index in [0.29, 0.717) is 0 Å². The molecule has 1 aliphatic heterocycles. The molecule has 0 saturated heterocycles. The molecule has 21 heavy (non-hydrogen) atoms. The second-order valence-electron chi connectivity index (χ2n) is 4.08. The van der Waals surface area contributed by atoms with Crippen molar-refractivity contribution in [3.05, 3.63) is 51.3 Å². The van der Waals surface area contributed by atoms with Crippen molar-refractivity contribution in [2.24, 2.45) is 0 Å². The number of hydrogen-bond donors (Lipinski definition) is 0. The molecule has 0 atom stereocenters. The van der Waals surface area contributed by atoms with Gasteiger partial charge in [0.2, 0.25) is 5.95 Å². The van der Waals surface area contributed by atoms with Crippen LogP contribution in [0.2, 0.25) is 10.3 Å². The Balaban J connectivity index is 2.14. The summed E-state index contributed by atoms with van der Waals surface area (Å²) in [7, 11) is 0. The Morgan fingerprint density at radius 3 is 1.90 bits per heavy atom. The molecular weight excluding hydrogens is 315 g/mol. The molecule has 3 rings (SSSR count). The highest BCUT2D eigenvalue weighted by atomic mass is 35.5. The van der Waals surface area contributed by atoms with Crippen LogP contribution in [0.15, 0.2) is 24.3 Å². The highest BCUT2D eigenvalue weighted by Gasteiger charge is 2.38. The number of amides is 2. The normalized spacial score (nSPS) is 13.3. The number of rotatable bonds is 1. The summed E-state index contributed by atoms with van der Waals surface area (Å²) in [6, 6.07) is 8.10. The van der Waals surface area contributed by atoms with Crippen molar-refractivity contribution in [2.45, 2.75) is 0 Å². The fourth-order valence-corrected chi connectivity index (χ4v) is 2.42. The van der Waals surface area contributed by atoms with Gasteiger partial charge < -0.3 is 0 Å². The van der Waals surface area contributed by atoms with Crippen molar-refractivity contribution in [3.8, 4) is 6.07 Å². The third kappa shape index (κ3) is 1.95. The molecule has 0 bridgehead atoms. The number of nitriles is 1. The summed E-state index contributed by atoms with van der Waals surface area (Å²) >= 11 is 11.6. The SMILES string of the molecule is N#Cc1c(Cl)nc(N2C(=O)c3ccccc3C2=O)nc1Cl. The van der Waals surface area contributed by atoms with Crippen molar-refractivity contribution in [1.29, 1.82) is 5.26 Å². The lowest BCUT2D eigenvalue weighted by Gasteiger charge is -2.12. The van der Waals surface area contributed by atoms with Crippen molar-refractivity contribution in [1.82, 2.24) is 9.97 Å². The van der Waals surface area contributed by atoms with E-state index in [-0.39, 0.29) is 32.9 Å². The molecule has 1 aromatic carbocycles. The maximum Gasteiger partial charge on any atom is 0.268 e. The first-order valence-electron chi connectivity index (χ1n) is 5.65. The zero-order chi connectivity index (χ0) is 15.1. The highest BCUT2D eigenvalue weighted by molar-refractivity contribution is 6.37. The van der Waals surface area contributed by atoms with E-state index in [2.05, 4.69) is 9.97 Å². The number of carbonyl (C=O) groups is 2. The Kier molecular flexibility index (Phi) is 3.09. The van der Waals surface area contributed by atoms with Crippen molar-refractivity contribution in [3.63, 3.8) is 0 Å². The lowest BCUT2D eigenvalue weighted by Crippen LogP contribution is -2.31. The predicted octanol–water partition coefficient (Wildman–Crippen LogP) is 2.46. The van der Waals surface area contributed by atoms with Gasteiger partial charge in [-0.25, -0.2) is 4.90 Å². The van der Waals surface area contributed by atoms with Crippen molar-refractivity contribution >= 4 is 41.0 Å². The summed E-state index contributed by atoms with van der Waals surface area (Å²) in [5, 5.41) is 8.42. The van der Waals surface area contributed by atoms with E-state index in [1.54, 1.807) is 18.2 Å². The van der Waals surface area contributed by atoms with E-state index < -0.39 is 11.8 Å². The minimum atomic E-state index is -0.563. The van der Waals surface area contributed by atoms with E-state index in [9.17, 15) is 9.59 Å². The fraction of sp³-hybridized carbons (Fsp3) is 0. The van der Waals surface area contributed by atoms with Gasteiger partial charge in [0, 0.05) is 0 Å². The fourth-order valence-electron chi connectivity index (χ4n) is 1.96. The van der Waals surface area contributed by atoms with Crippen LogP contribution in [0.3, 0.4) is 0 Å². The molecule has 2 amide bonds. The Labute approximate surface area is 128 Å². The third-order valence-corrected chi connectivity index (χ3v) is 3.46. The lowest BCUT2D eigenvalue weighted by molar-refractivity contribution is 0.0924. The average Bonchev–Trinajstić information content (AvgIpc) is 2.71. The van der Waals surface area contributed by atoms with E-state index in [0.717, 1.165) is 4.90 Å². The number of aromatic nitrogens is 2. The van der Waals surface area contributed by atoms with E-state index >= 15 is 0 Å². The van der Waals surface area contributed by atoms with Crippen LogP contribution in [0, 0.1) is 11.3 Å². The molecule has 0 N–H and O–H groups in total. The summed E-state index contributed by atoms with van der Waals surface area (Å²) in [5.41, 5.74) is 0.393. The number of anilines is 1. The first-order chi connectivity index (χ1) is 10.0. The summed E-state index contributed by atoms with van der Waals surface area (Å²) in [6.45, 7) is 0. The molecule has 2 aromatic rings. The molecule has 1 aliphatic rings. The molecule has 102 valence electrons. The number of benzene rings is 1. The minimum Gasteiger partial charge on any atom is -0.268 e. The van der Waals surface area contributed by atoms with Gasteiger partial charge in [0.05, 0.1) is 11.1 Å². The number of hydrogen-bond acceptors (Lipinski definition) is 5. The minimum absolute atomic E-state index is 0.112. The molecule has 0 radical (unpaired) electrons. The number of halogens is 2. The Bertz CT molecular complexity index is 786. The van der Waals surface area contributed by atoms with Crippen LogP contribution in [0.25, 0.3) is 0 Å². The molecule has 1 aromatic heterocycles. The van der Waals surface area contributed by atoms with Gasteiger partial charge in [0.1, 0.15) is 11.6 Å². The van der Waals surface area contributed by atoms with Crippen LogP contribution in [0.5, 0.6) is 0 Å². The highest BCUT2D eigenvalue weighted by Crippen LogP contribution is 2.29. The van der Waals surface area contributed by atoms with E-state index in [4.69, 9.17) is 28.5 Å². The first-order valence-corrected chi connectivity index (χ1v) is 6.41. The maximum atomic E-state index is 12.3. The Morgan fingerprint density at radius 1 is 1.00 bits per heavy atom. The summed E-state index contributed by atoms with van der Waals surface area (Å²) < 4.78 is 0. The Morgan fingerprint density at radius 2 is 1.48 bits per heavy atom. The van der Waals surface area contributed by atoms with Gasteiger partial charge in [-0.2, -0.15) is 15.2 Å². The molecule has 0 spiro atoms. The molecule has 6 nitrogen and oxygen atoms in total. The van der Waals surface area contributed by atoms with Crippen LogP contribution in [-0.2, 0) is 0 Å². The average molecular weight is 319 g/mol. The molecular formula is C13H4Cl2N4O2. The van der Waals surface area contributed by atoms with Gasteiger partial charge in [-0.15, -0.1) is 0 Å². The van der Waals surface area contributed by atoms with Gasteiger partial charge in [-0.3, -0.25) is 9.59 Å². The zero-order valence-corrected chi connectivity index (χ0v) is 11.7. The van der Waals surface area contributed by atoms with Crippen LogP contribution < -0.4 is 4.90 Å².